The van der Waals surface area contributed by atoms with Gasteiger partial charge in [0.25, 0.3) is 0 Å². The molecular formula is C18H27ClFN3O3S. The SMILES string of the molecule is CC(C)(C)NS(=O)(=O)c1cc(NC(=O)C2C3CCC(C3)C2N)ccc1F.Cl. The van der Waals surface area contributed by atoms with Gasteiger partial charge in [-0.25, -0.2) is 17.5 Å². The Balaban J connectivity index is 0.00000261. The molecule has 2 saturated carbocycles. The number of amides is 1. The molecule has 4 unspecified atom stereocenters. The second-order valence-electron chi connectivity index (χ2n) is 8.43. The third kappa shape index (κ3) is 4.62. The largest absolute Gasteiger partial charge is 0.327 e. The fourth-order valence-corrected chi connectivity index (χ4v) is 5.72. The van der Waals surface area contributed by atoms with Gasteiger partial charge in [0.1, 0.15) is 10.7 Å². The number of rotatable bonds is 4. The molecule has 0 aromatic heterocycles. The minimum absolute atomic E-state index is 0. The first-order valence-corrected chi connectivity index (χ1v) is 10.4. The van der Waals surface area contributed by atoms with Crippen molar-refractivity contribution in [3.63, 3.8) is 0 Å². The lowest BCUT2D eigenvalue weighted by Crippen LogP contribution is -2.42. The summed E-state index contributed by atoms with van der Waals surface area (Å²) in [5.41, 5.74) is 5.69. The Morgan fingerprint density at radius 2 is 1.85 bits per heavy atom. The van der Waals surface area contributed by atoms with E-state index in [0.29, 0.717) is 5.92 Å². The van der Waals surface area contributed by atoms with Crippen LogP contribution < -0.4 is 15.8 Å². The quantitative estimate of drug-likeness (QED) is 0.698. The molecule has 3 rings (SSSR count). The number of carbonyl (C=O) groups is 1. The Bertz CT molecular complexity index is 824. The van der Waals surface area contributed by atoms with E-state index in [1.165, 1.54) is 6.07 Å². The fraction of sp³-hybridized carbons (Fsp3) is 0.611. The molecule has 1 aromatic carbocycles. The van der Waals surface area contributed by atoms with E-state index in [9.17, 15) is 17.6 Å². The molecule has 2 bridgehead atoms. The number of hydrogen-bond donors (Lipinski definition) is 3. The molecule has 2 aliphatic rings. The number of fused-ring (bicyclic) bond motifs is 2. The van der Waals surface area contributed by atoms with Crippen LogP contribution in [0.5, 0.6) is 0 Å². The number of benzene rings is 1. The van der Waals surface area contributed by atoms with Gasteiger partial charge in [-0.3, -0.25) is 4.79 Å². The van der Waals surface area contributed by atoms with Crippen molar-refractivity contribution in [3.8, 4) is 0 Å². The van der Waals surface area contributed by atoms with Crippen LogP contribution in [-0.2, 0) is 14.8 Å². The van der Waals surface area contributed by atoms with Crippen LogP contribution in [0.2, 0.25) is 0 Å². The predicted molar refractivity (Wildman–Crippen MR) is 105 cm³/mol. The summed E-state index contributed by atoms with van der Waals surface area (Å²) in [6.07, 6.45) is 3.03. The minimum Gasteiger partial charge on any atom is -0.327 e. The highest BCUT2D eigenvalue weighted by Crippen LogP contribution is 2.47. The highest BCUT2D eigenvalue weighted by molar-refractivity contribution is 7.89. The van der Waals surface area contributed by atoms with Crippen molar-refractivity contribution in [1.29, 1.82) is 0 Å². The van der Waals surface area contributed by atoms with Gasteiger partial charge in [0.05, 0.1) is 5.92 Å². The minimum atomic E-state index is -4.05. The first-order valence-electron chi connectivity index (χ1n) is 8.88. The van der Waals surface area contributed by atoms with Crippen LogP contribution in [0, 0.1) is 23.6 Å². The standard InChI is InChI=1S/C18H26FN3O3S.ClH/c1-18(2,3)22-26(24,25)14-9-12(6-7-13(14)19)21-17(23)15-10-4-5-11(8-10)16(15)20;/h6-7,9-11,15-16,22H,4-5,8,20H2,1-3H3,(H,21,23);1H. The third-order valence-electron chi connectivity index (χ3n) is 5.21. The van der Waals surface area contributed by atoms with Crippen molar-refractivity contribution in [2.24, 2.45) is 23.5 Å². The molecule has 0 heterocycles. The van der Waals surface area contributed by atoms with Gasteiger partial charge < -0.3 is 11.1 Å². The van der Waals surface area contributed by atoms with E-state index in [1.54, 1.807) is 20.8 Å². The zero-order valence-electron chi connectivity index (χ0n) is 15.7. The van der Waals surface area contributed by atoms with Crippen molar-refractivity contribution in [3.05, 3.63) is 24.0 Å². The predicted octanol–water partition coefficient (Wildman–Crippen LogP) is 2.64. The van der Waals surface area contributed by atoms with Gasteiger partial charge in [-0.05, 0) is 70.1 Å². The highest BCUT2D eigenvalue weighted by atomic mass is 35.5. The summed E-state index contributed by atoms with van der Waals surface area (Å²) in [5.74, 6) is -0.691. The van der Waals surface area contributed by atoms with E-state index in [1.807, 2.05) is 0 Å². The number of halogens is 2. The van der Waals surface area contributed by atoms with Gasteiger partial charge >= 0.3 is 0 Å². The van der Waals surface area contributed by atoms with Crippen molar-refractivity contribution < 1.29 is 17.6 Å². The Kier molecular flexibility index (Phi) is 6.26. The molecule has 0 saturated heterocycles. The van der Waals surface area contributed by atoms with E-state index in [-0.39, 0.29) is 41.9 Å². The zero-order valence-corrected chi connectivity index (χ0v) is 17.3. The summed E-state index contributed by atoms with van der Waals surface area (Å²) in [4.78, 5) is 12.2. The van der Waals surface area contributed by atoms with Crippen molar-refractivity contribution in [2.75, 3.05) is 5.32 Å². The van der Waals surface area contributed by atoms with Gasteiger partial charge in [0.15, 0.2) is 0 Å². The molecule has 6 nitrogen and oxygen atoms in total. The van der Waals surface area contributed by atoms with Gasteiger partial charge in [0, 0.05) is 17.3 Å². The molecule has 152 valence electrons. The topological polar surface area (TPSA) is 101 Å². The van der Waals surface area contributed by atoms with E-state index >= 15 is 0 Å². The first kappa shape index (κ1) is 22.1. The van der Waals surface area contributed by atoms with Crippen molar-refractivity contribution >= 4 is 34.0 Å². The normalized spacial score (nSPS) is 27.3. The molecule has 1 aromatic rings. The van der Waals surface area contributed by atoms with Crippen LogP contribution in [0.3, 0.4) is 0 Å². The van der Waals surface area contributed by atoms with Crippen LogP contribution in [-0.4, -0.2) is 25.9 Å². The maximum Gasteiger partial charge on any atom is 0.244 e. The number of nitrogens with two attached hydrogens (primary N) is 1. The summed E-state index contributed by atoms with van der Waals surface area (Å²) in [7, 11) is -4.05. The summed E-state index contributed by atoms with van der Waals surface area (Å²) in [6, 6.07) is 3.40. The van der Waals surface area contributed by atoms with Gasteiger partial charge in [-0.2, -0.15) is 0 Å². The third-order valence-corrected chi connectivity index (χ3v) is 6.99. The average Bonchev–Trinajstić information content (AvgIpc) is 3.07. The Morgan fingerprint density at radius 3 is 2.41 bits per heavy atom. The molecule has 1 amide bonds. The molecule has 4 N–H and O–H groups in total. The lowest BCUT2D eigenvalue weighted by atomic mass is 9.84. The van der Waals surface area contributed by atoms with E-state index in [2.05, 4.69) is 10.0 Å². The molecule has 2 aliphatic carbocycles. The summed E-state index contributed by atoms with van der Waals surface area (Å²) >= 11 is 0. The first-order chi connectivity index (χ1) is 12.0. The van der Waals surface area contributed by atoms with Crippen LogP contribution in [0.15, 0.2) is 23.1 Å². The summed E-state index contributed by atoms with van der Waals surface area (Å²) in [6.45, 7) is 5.01. The maximum atomic E-state index is 14.1. The van der Waals surface area contributed by atoms with Crippen LogP contribution in [0.4, 0.5) is 10.1 Å². The molecule has 27 heavy (non-hydrogen) atoms. The Labute approximate surface area is 165 Å². The van der Waals surface area contributed by atoms with Crippen LogP contribution in [0.25, 0.3) is 0 Å². The summed E-state index contributed by atoms with van der Waals surface area (Å²) in [5, 5.41) is 2.72. The lowest BCUT2D eigenvalue weighted by Gasteiger charge is -2.27. The average molecular weight is 420 g/mol. The second kappa shape index (κ2) is 7.66. The molecule has 0 spiro atoms. The number of anilines is 1. The molecular weight excluding hydrogens is 393 g/mol. The fourth-order valence-electron chi connectivity index (χ4n) is 4.20. The Hall–Kier alpha value is -1.22. The molecule has 2 fully saturated rings. The Morgan fingerprint density at radius 1 is 1.22 bits per heavy atom. The molecule has 9 heteroatoms. The molecule has 0 radical (unpaired) electrons. The number of nitrogens with one attached hydrogen (secondary N) is 2. The smallest absolute Gasteiger partial charge is 0.244 e. The van der Waals surface area contributed by atoms with Gasteiger partial charge in [-0.15, -0.1) is 12.4 Å². The van der Waals surface area contributed by atoms with Gasteiger partial charge in [-0.1, -0.05) is 0 Å². The second-order valence-corrected chi connectivity index (χ2v) is 10.1. The van der Waals surface area contributed by atoms with Crippen LogP contribution in [0.1, 0.15) is 40.0 Å². The zero-order chi connectivity index (χ0) is 19.3. The highest BCUT2D eigenvalue weighted by Gasteiger charge is 2.49. The van der Waals surface area contributed by atoms with E-state index in [4.69, 9.17) is 5.73 Å². The summed E-state index contributed by atoms with van der Waals surface area (Å²) < 4.78 is 41.4. The van der Waals surface area contributed by atoms with E-state index < -0.39 is 26.3 Å². The molecule has 4 atom stereocenters. The van der Waals surface area contributed by atoms with Gasteiger partial charge in [0.2, 0.25) is 15.9 Å². The monoisotopic (exact) mass is 419 g/mol. The number of carbonyl (C=O) groups excluding carboxylic acids is 1. The van der Waals surface area contributed by atoms with Crippen molar-refractivity contribution in [1.82, 2.24) is 4.72 Å². The van der Waals surface area contributed by atoms with Crippen molar-refractivity contribution in [2.45, 2.75) is 56.5 Å². The maximum absolute atomic E-state index is 14.1. The lowest BCUT2D eigenvalue weighted by molar-refractivity contribution is -0.121. The van der Waals surface area contributed by atoms with E-state index in [0.717, 1.165) is 31.4 Å². The number of sulfonamides is 1. The number of hydrogen-bond acceptors (Lipinski definition) is 4. The molecule has 0 aliphatic heterocycles. The van der Waals surface area contributed by atoms with Crippen LogP contribution >= 0.6 is 12.4 Å².